The fourth-order valence-corrected chi connectivity index (χ4v) is 1.05. The molecule has 1 aliphatic rings. The van der Waals surface area contributed by atoms with E-state index in [0.717, 1.165) is 25.8 Å². The number of nitrogens with one attached hydrogen (secondary N) is 1. The highest BCUT2D eigenvalue weighted by Gasteiger charge is 2.27. The van der Waals surface area contributed by atoms with Gasteiger partial charge < -0.3 is 10.4 Å². The fraction of sp³-hybridized carbons (Fsp3) is 1.00. The fourth-order valence-electron chi connectivity index (χ4n) is 1.05. The molecule has 1 saturated carbocycles. The van der Waals surface area contributed by atoms with Crippen molar-refractivity contribution in [2.24, 2.45) is 0 Å². The van der Waals surface area contributed by atoms with E-state index in [1.807, 2.05) is 0 Å². The molecule has 0 unspecified atom stereocenters. The number of hydrogen-bond donors (Lipinski definition) is 2. The van der Waals surface area contributed by atoms with Crippen LogP contribution in [0.3, 0.4) is 0 Å². The summed E-state index contributed by atoms with van der Waals surface area (Å²) in [6.07, 6.45) is 3.24. The van der Waals surface area contributed by atoms with Gasteiger partial charge in [-0.25, -0.2) is 0 Å². The summed E-state index contributed by atoms with van der Waals surface area (Å²) < 4.78 is 0. The third-order valence-electron chi connectivity index (χ3n) is 1.89. The van der Waals surface area contributed by atoms with Gasteiger partial charge in [0.15, 0.2) is 0 Å². The van der Waals surface area contributed by atoms with Crippen LogP contribution in [0, 0.1) is 0 Å². The van der Waals surface area contributed by atoms with Gasteiger partial charge in [0.1, 0.15) is 0 Å². The molecule has 1 rings (SSSR count). The van der Waals surface area contributed by atoms with E-state index < -0.39 is 0 Å². The molecule has 0 radical (unpaired) electrons. The molecular formula is C7H15NO. The Balaban J connectivity index is 1.99. The van der Waals surface area contributed by atoms with Gasteiger partial charge >= 0.3 is 0 Å². The van der Waals surface area contributed by atoms with Crippen molar-refractivity contribution in [1.29, 1.82) is 0 Å². The van der Waals surface area contributed by atoms with Crippen molar-refractivity contribution >= 4 is 0 Å². The van der Waals surface area contributed by atoms with Gasteiger partial charge in [-0.3, -0.25) is 0 Å². The quantitative estimate of drug-likeness (QED) is 0.582. The Labute approximate surface area is 56.3 Å². The summed E-state index contributed by atoms with van der Waals surface area (Å²) in [5.41, 5.74) is 0. The van der Waals surface area contributed by atoms with Gasteiger partial charge in [0.05, 0.1) is 6.10 Å². The molecule has 0 spiro atoms. The van der Waals surface area contributed by atoms with Crippen LogP contribution in [0.5, 0.6) is 0 Å². The van der Waals surface area contributed by atoms with Crippen molar-refractivity contribution in [3.8, 4) is 0 Å². The van der Waals surface area contributed by atoms with E-state index >= 15 is 0 Å². The van der Waals surface area contributed by atoms with Crippen LogP contribution in [0.25, 0.3) is 0 Å². The van der Waals surface area contributed by atoms with Crippen LogP contribution >= 0.6 is 0 Å². The van der Waals surface area contributed by atoms with Crippen LogP contribution in [0.1, 0.15) is 26.2 Å². The minimum Gasteiger partial charge on any atom is -0.392 e. The molecule has 2 nitrogen and oxygen atoms in total. The lowest BCUT2D eigenvalue weighted by Gasteiger charge is -2.33. The highest BCUT2D eigenvalue weighted by atomic mass is 16.3. The summed E-state index contributed by atoms with van der Waals surface area (Å²) in [7, 11) is 0. The van der Waals surface area contributed by atoms with Gasteiger partial charge in [-0.15, -0.1) is 0 Å². The number of aliphatic hydroxyl groups is 1. The first kappa shape index (κ1) is 7.03. The molecule has 0 aromatic rings. The average molecular weight is 129 g/mol. The van der Waals surface area contributed by atoms with Crippen LogP contribution in [0.4, 0.5) is 0 Å². The van der Waals surface area contributed by atoms with Crippen LogP contribution in [0.2, 0.25) is 0 Å². The predicted octanol–water partition coefficient (Wildman–Crippen LogP) is 0.509. The van der Waals surface area contributed by atoms with Crippen molar-refractivity contribution in [1.82, 2.24) is 5.32 Å². The van der Waals surface area contributed by atoms with E-state index in [1.54, 1.807) is 0 Å². The molecule has 2 atom stereocenters. The first-order valence-corrected chi connectivity index (χ1v) is 3.76. The molecule has 1 fully saturated rings. The van der Waals surface area contributed by atoms with E-state index in [9.17, 15) is 0 Å². The highest BCUT2D eigenvalue weighted by molar-refractivity contribution is 4.85. The monoisotopic (exact) mass is 129 g/mol. The predicted molar refractivity (Wildman–Crippen MR) is 37.3 cm³/mol. The smallest absolute Gasteiger partial charge is 0.0693 e. The zero-order chi connectivity index (χ0) is 6.69. The minimum absolute atomic E-state index is 0.0588. The molecule has 0 heterocycles. The molecule has 0 bridgehead atoms. The van der Waals surface area contributed by atoms with Gasteiger partial charge in [0, 0.05) is 6.04 Å². The SMILES string of the molecule is CCCN[C@@H]1CC[C@H]1O. The summed E-state index contributed by atoms with van der Waals surface area (Å²) in [4.78, 5) is 0. The van der Waals surface area contributed by atoms with E-state index in [0.29, 0.717) is 6.04 Å². The lowest BCUT2D eigenvalue weighted by Crippen LogP contribution is -2.47. The molecule has 54 valence electrons. The number of rotatable bonds is 3. The standard InChI is InChI=1S/C7H15NO/c1-2-5-8-6-3-4-7(6)9/h6-9H,2-5H2,1H3/t6-,7-/m1/s1. The van der Waals surface area contributed by atoms with Gasteiger partial charge in [0.2, 0.25) is 0 Å². The lowest BCUT2D eigenvalue weighted by molar-refractivity contribution is 0.0504. The first-order valence-electron chi connectivity index (χ1n) is 3.76. The highest BCUT2D eigenvalue weighted by Crippen LogP contribution is 2.18. The molecule has 0 amide bonds. The van der Waals surface area contributed by atoms with E-state index in [4.69, 9.17) is 5.11 Å². The van der Waals surface area contributed by atoms with Crippen molar-refractivity contribution in [3.63, 3.8) is 0 Å². The summed E-state index contributed by atoms with van der Waals surface area (Å²) in [5.74, 6) is 0. The lowest BCUT2D eigenvalue weighted by atomic mass is 9.89. The molecule has 0 aromatic carbocycles. The van der Waals surface area contributed by atoms with Crippen molar-refractivity contribution < 1.29 is 5.11 Å². The van der Waals surface area contributed by atoms with Gasteiger partial charge in [-0.2, -0.15) is 0 Å². The molecule has 0 aromatic heterocycles. The van der Waals surface area contributed by atoms with Crippen molar-refractivity contribution in [2.45, 2.75) is 38.3 Å². The molecule has 2 N–H and O–H groups in total. The second-order valence-electron chi connectivity index (χ2n) is 2.71. The summed E-state index contributed by atoms with van der Waals surface area (Å²) in [6.45, 7) is 3.18. The molecule has 9 heavy (non-hydrogen) atoms. The second-order valence-corrected chi connectivity index (χ2v) is 2.71. The molecule has 2 heteroatoms. The second kappa shape index (κ2) is 3.18. The Bertz CT molecular complexity index is 85.0. The van der Waals surface area contributed by atoms with Crippen LogP contribution in [0.15, 0.2) is 0 Å². The number of hydrogen-bond acceptors (Lipinski definition) is 2. The normalized spacial score (nSPS) is 34.0. The molecular weight excluding hydrogens is 114 g/mol. The molecule has 1 aliphatic carbocycles. The van der Waals surface area contributed by atoms with Crippen LogP contribution in [-0.2, 0) is 0 Å². The summed E-state index contributed by atoms with van der Waals surface area (Å²) >= 11 is 0. The van der Waals surface area contributed by atoms with Crippen molar-refractivity contribution in [2.75, 3.05) is 6.54 Å². The third kappa shape index (κ3) is 1.66. The maximum Gasteiger partial charge on any atom is 0.0693 e. The Hall–Kier alpha value is -0.0800. The Morgan fingerprint density at radius 1 is 1.56 bits per heavy atom. The van der Waals surface area contributed by atoms with Crippen LogP contribution in [-0.4, -0.2) is 23.8 Å². The van der Waals surface area contributed by atoms with Gasteiger partial charge in [0.25, 0.3) is 0 Å². The van der Waals surface area contributed by atoms with E-state index in [1.165, 1.54) is 0 Å². The van der Waals surface area contributed by atoms with Gasteiger partial charge in [-0.1, -0.05) is 6.92 Å². The summed E-state index contributed by atoms with van der Waals surface area (Å²) in [5, 5.41) is 12.3. The largest absolute Gasteiger partial charge is 0.392 e. The first-order chi connectivity index (χ1) is 4.34. The number of aliphatic hydroxyl groups excluding tert-OH is 1. The summed E-state index contributed by atoms with van der Waals surface area (Å²) in [6, 6.07) is 0.407. The van der Waals surface area contributed by atoms with Gasteiger partial charge in [-0.05, 0) is 25.8 Å². The zero-order valence-electron chi connectivity index (χ0n) is 5.93. The zero-order valence-corrected chi connectivity index (χ0v) is 5.93. The third-order valence-corrected chi connectivity index (χ3v) is 1.89. The average Bonchev–Trinajstić information content (AvgIpc) is 1.86. The van der Waals surface area contributed by atoms with E-state index in [2.05, 4.69) is 12.2 Å². The Morgan fingerprint density at radius 3 is 2.67 bits per heavy atom. The van der Waals surface area contributed by atoms with E-state index in [-0.39, 0.29) is 6.10 Å². The van der Waals surface area contributed by atoms with Crippen molar-refractivity contribution in [3.05, 3.63) is 0 Å². The Kier molecular flexibility index (Phi) is 2.49. The Morgan fingerprint density at radius 2 is 2.33 bits per heavy atom. The maximum atomic E-state index is 9.07. The topological polar surface area (TPSA) is 32.3 Å². The molecule has 0 aliphatic heterocycles. The maximum absolute atomic E-state index is 9.07. The molecule has 0 saturated heterocycles. The minimum atomic E-state index is -0.0588. The van der Waals surface area contributed by atoms with Crippen LogP contribution < -0.4 is 5.32 Å².